The summed E-state index contributed by atoms with van der Waals surface area (Å²) >= 11 is 0. The minimum atomic E-state index is -0.718. The zero-order valence-corrected chi connectivity index (χ0v) is 19.0. The van der Waals surface area contributed by atoms with E-state index in [1.165, 1.54) is 12.1 Å². The van der Waals surface area contributed by atoms with Crippen LogP contribution in [-0.2, 0) is 5.54 Å². The van der Waals surface area contributed by atoms with Crippen molar-refractivity contribution in [1.29, 1.82) is 0 Å². The molecule has 7 heteroatoms. The van der Waals surface area contributed by atoms with E-state index in [-0.39, 0.29) is 5.82 Å². The van der Waals surface area contributed by atoms with Crippen molar-refractivity contribution < 1.29 is 9.50 Å². The second-order valence-corrected chi connectivity index (χ2v) is 9.70. The molecule has 0 radical (unpaired) electrons. The van der Waals surface area contributed by atoms with Gasteiger partial charge >= 0.3 is 0 Å². The Bertz CT molecular complexity index is 1550. The molecule has 0 bridgehead atoms. The molecule has 3 N–H and O–H groups in total. The van der Waals surface area contributed by atoms with Crippen molar-refractivity contribution in [2.45, 2.75) is 37.8 Å². The van der Waals surface area contributed by atoms with Crippen LogP contribution in [0.3, 0.4) is 0 Å². The zero-order chi connectivity index (χ0) is 23.7. The fraction of sp³-hybridized carbons (Fsp3) is 0.222. The van der Waals surface area contributed by atoms with Crippen molar-refractivity contribution in [3.05, 3.63) is 83.9 Å². The number of nitrogens with two attached hydrogens (primary N) is 1. The van der Waals surface area contributed by atoms with Crippen LogP contribution in [0.1, 0.15) is 31.0 Å². The van der Waals surface area contributed by atoms with Crippen LogP contribution in [0.2, 0.25) is 0 Å². The molecule has 6 nitrogen and oxygen atoms in total. The van der Waals surface area contributed by atoms with Gasteiger partial charge in [-0.2, -0.15) is 9.61 Å². The monoisotopic (exact) mass is 453 g/mol. The lowest BCUT2D eigenvalue weighted by Gasteiger charge is -2.49. The third-order valence-electron chi connectivity index (χ3n) is 6.66. The largest absolute Gasteiger partial charge is 0.390 e. The molecule has 3 aromatic heterocycles. The van der Waals surface area contributed by atoms with E-state index in [9.17, 15) is 9.50 Å². The number of pyridine rings is 1. The van der Waals surface area contributed by atoms with Gasteiger partial charge in [-0.05, 0) is 56.0 Å². The third kappa shape index (κ3) is 3.36. The van der Waals surface area contributed by atoms with Crippen molar-refractivity contribution >= 4 is 16.7 Å². The molecule has 0 unspecified atom stereocenters. The van der Waals surface area contributed by atoms with E-state index in [2.05, 4.69) is 10.1 Å². The Labute approximate surface area is 195 Å². The molecule has 34 heavy (non-hydrogen) atoms. The van der Waals surface area contributed by atoms with Gasteiger partial charge in [-0.3, -0.25) is 0 Å². The maximum absolute atomic E-state index is 13.6. The van der Waals surface area contributed by atoms with E-state index >= 15 is 0 Å². The fourth-order valence-corrected chi connectivity index (χ4v) is 5.19. The normalized spacial score (nSPS) is 22.3. The highest BCUT2D eigenvalue weighted by molar-refractivity contribution is 5.90. The number of aryl methyl sites for hydroxylation is 1. The first kappa shape index (κ1) is 20.9. The fourth-order valence-electron chi connectivity index (χ4n) is 5.19. The van der Waals surface area contributed by atoms with Crippen LogP contribution in [-0.4, -0.2) is 30.3 Å². The number of hydrogen-bond acceptors (Lipinski definition) is 5. The highest BCUT2D eigenvalue weighted by Crippen LogP contribution is 2.46. The minimum absolute atomic E-state index is 0.289. The lowest BCUT2D eigenvalue weighted by atomic mass is 9.63. The number of aromatic nitrogens is 4. The van der Waals surface area contributed by atoms with Crippen LogP contribution in [0.4, 0.5) is 4.39 Å². The van der Waals surface area contributed by atoms with Gasteiger partial charge in [-0.25, -0.2) is 14.4 Å². The van der Waals surface area contributed by atoms with Crippen molar-refractivity contribution in [2.75, 3.05) is 0 Å². The zero-order valence-electron chi connectivity index (χ0n) is 19.0. The summed E-state index contributed by atoms with van der Waals surface area (Å²) in [6.45, 7) is 3.74. The lowest BCUT2D eigenvalue weighted by molar-refractivity contribution is -0.0738. The Morgan fingerprint density at radius 2 is 1.68 bits per heavy atom. The summed E-state index contributed by atoms with van der Waals surface area (Å²) < 4.78 is 15.4. The number of aliphatic hydroxyl groups is 1. The van der Waals surface area contributed by atoms with Crippen LogP contribution in [0, 0.1) is 12.7 Å². The summed E-state index contributed by atoms with van der Waals surface area (Å²) in [5, 5.41) is 15.6. The molecule has 0 spiro atoms. The van der Waals surface area contributed by atoms with E-state index in [0.717, 1.165) is 44.7 Å². The molecule has 0 aliphatic heterocycles. The van der Waals surface area contributed by atoms with Crippen molar-refractivity contribution in [2.24, 2.45) is 5.73 Å². The van der Waals surface area contributed by atoms with E-state index in [4.69, 9.17) is 10.7 Å². The molecule has 170 valence electrons. The van der Waals surface area contributed by atoms with Crippen LogP contribution >= 0.6 is 0 Å². The van der Waals surface area contributed by atoms with Gasteiger partial charge in [0, 0.05) is 34.3 Å². The van der Waals surface area contributed by atoms with Crippen LogP contribution in [0.5, 0.6) is 0 Å². The first-order chi connectivity index (χ1) is 16.2. The molecule has 3 heterocycles. The Balaban J connectivity index is 1.53. The molecule has 1 fully saturated rings. The topological polar surface area (TPSA) is 89.3 Å². The Hall–Kier alpha value is -3.68. The smallest absolute Gasteiger partial charge is 0.165 e. The number of halogens is 1. The number of benzene rings is 2. The quantitative estimate of drug-likeness (QED) is 0.411. The molecular weight excluding hydrogens is 429 g/mol. The molecule has 5 aromatic rings. The van der Waals surface area contributed by atoms with Gasteiger partial charge in [0.2, 0.25) is 0 Å². The van der Waals surface area contributed by atoms with E-state index in [1.807, 2.05) is 50.2 Å². The third-order valence-corrected chi connectivity index (χ3v) is 6.66. The van der Waals surface area contributed by atoms with E-state index in [1.54, 1.807) is 22.8 Å². The summed E-state index contributed by atoms with van der Waals surface area (Å²) in [5.41, 5.74) is 12.0. The van der Waals surface area contributed by atoms with E-state index < -0.39 is 11.1 Å². The van der Waals surface area contributed by atoms with E-state index in [0.29, 0.717) is 18.5 Å². The van der Waals surface area contributed by atoms with Crippen LogP contribution in [0.25, 0.3) is 39.1 Å². The van der Waals surface area contributed by atoms with Crippen LogP contribution < -0.4 is 5.73 Å². The van der Waals surface area contributed by atoms with Gasteiger partial charge in [-0.15, -0.1) is 0 Å². The number of nitrogens with zero attached hydrogens (tertiary/aromatic N) is 4. The first-order valence-electron chi connectivity index (χ1n) is 11.3. The van der Waals surface area contributed by atoms with Gasteiger partial charge in [0.25, 0.3) is 0 Å². The second-order valence-electron chi connectivity index (χ2n) is 9.70. The minimum Gasteiger partial charge on any atom is -0.390 e. The molecule has 1 aliphatic carbocycles. The summed E-state index contributed by atoms with van der Waals surface area (Å²) in [7, 11) is 0. The molecule has 0 saturated heterocycles. The molecule has 0 amide bonds. The predicted octanol–water partition coefficient (Wildman–Crippen LogP) is 4.76. The molecule has 0 atom stereocenters. The Kier molecular flexibility index (Phi) is 4.40. The molecular formula is C27H24FN5O. The number of rotatable bonds is 3. The maximum atomic E-state index is 13.6. The standard InChI is InChI=1S/C27H24FN5O/c1-16-11-23-30-13-19-12-22(17-5-9-21(28)10-6-17)24(31-25(19)33(23)32-16)18-3-7-20(8-4-18)27(29)14-26(2,34)15-27/h3-13,34H,14-15,29H2,1-2H3/t26-,27+. The van der Waals surface area contributed by atoms with Gasteiger partial charge in [0.05, 0.1) is 17.0 Å². The summed E-state index contributed by atoms with van der Waals surface area (Å²) in [5.74, 6) is -0.289. The average Bonchev–Trinajstić information content (AvgIpc) is 3.18. The highest BCUT2D eigenvalue weighted by atomic mass is 19.1. The molecule has 1 saturated carbocycles. The number of hydrogen-bond donors (Lipinski definition) is 2. The van der Waals surface area contributed by atoms with Gasteiger partial charge in [-0.1, -0.05) is 36.4 Å². The van der Waals surface area contributed by atoms with Crippen molar-refractivity contribution in [3.63, 3.8) is 0 Å². The summed E-state index contributed by atoms with van der Waals surface area (Å²) in [6.07, 6.45) is 2.84. The first-order valence-corrected chi connectivity index (χ1v) is 11.3. The van der Waals surface area contributed by atoms with Crippen molar-refractivity contribution in [3.8, 4) is 22.4 Å². The summed E-state index contributed by atoms with van der Waals surface area (Å²) in [6, 6.07) is 18.4. The maximum Gasteiger partial charge on any atom is 0.165 e. The van der Waals surface area contributed by atoms with Gasteiger partial charge < -0.3 is 10.8 Å². The molecule has 2 aromatic carbocycles. The highest BCUT2D eigenvalue weighted by Gasteiger charge is 2.49. The summed E-state index contributed by atoms with van der Waals surface area (Å²) in [4.78, 5) is 9.54. The Morgan fingerprint density at radius 3 is 2.35 bits per heavy atom. The van der Waals surface area contributed by atoms with Crippen molar-refractivity contribution in [1.82, 2.24) is 19.6 Å². The SMILES string of the molecule is Cc1cc2ncc3cc(-c4ccc(F)cc4)c(-c4ccc([C@]5(N)C[C@@](C)(O)C5)cc4)nc3n2n1. The number of fused-ring (bicyclic) bond motifs is 3. The Morgan fingerprint density at radius 1 is 1.00 bits per heavy atom. The average molecular weight is 454 g/mol. The van der Waals surface area contributed by atoms with Gasteiger partial charge in [0.15, 0.2) is 11.3 Å². The predicted molar refractivity (Wildman–Crippen MR) is 130 cm³/mol. The lowest BCUT2D eigenvalue weighted by Crippen LogP contribution is -2.58. The van der Waals surface area contributed by atoms with Crippen LogP contribution in [0.15, 0.2) is 66.9 Å². The molecule has 1 aliphatic rings. The molecule has 6 rings (SSSR count). The second kappa shape index (κ2) is 7.16. The van der Waals surface area contributed by atoms with Gasteiger partial charge in [0.1, 0.15) is 5.82 Å².